The van der Waals surface area contributed by atoms with E-state index in [-0.39, 0.29) is 28.1 Å². The Balaban J connectivity index is 0.000000227. The van der Waals surface area contributed by atoms with Crippen molar-refractivity contribution in [2.75, 3.05) is 0 Å². The smallest absolute Gasteiger partial charge is 0.204 e. The van der Waals surface area contributed by atoms with Gasteiger partial charge in [-0.2, -0.15) is 0 Å². The van der Waals surface area contributed by atoms with Crippen LogP contribution in [-0.4, -0.2) is 21.3 Å². The minimum absolute atomic E-state index is 0. The molecule has 0 aromatic heterocycles. The molecule has 0 unspecified atom stereocenters. The summed E-state index contributed by atoms with van der Waals surface area (Å²) in [5.41, 5.74) is 2.87. The minimum Gasteiger partial charge on any atom is -0.288 e. The van der Waals surface area contributed by atoms with Gasteiger partial charge in [-0.05, 0) is 11.1 Å². The quantitative estimate of drug-likeness (QED) is 0.167. The number of thiocarbonyl (C=S) groups is 2. The molecule has 0 atom stereocenters. The fraction of sp³-hybridized carbons (Fsp3) is 0. The number of carbonyl (C=O) groups is 2. The summed E-state index contributed by atoms with van der Waals surface area (Å²) in [6, 6.07) is 36.9. The maximum absolute atomic E-state index is 12.0. The number of carbonyl (C=O) groups excluding carboxylic acids is 2. The summed E-state index contributed by atoms with van der Waals surface area (Å²) in [5.74, 6) is -0.191. The van der Waals surface area contributed by atoms with Crippen molar-refractivity contribution in [3.05, 3.63) is 144 Å². The van der Waals surface area contributed by atoms with Crippen molar-refractivity contribution in [2.24, 2.45) is 0 Å². The minimum atomic E-state index is -0.0956. The molecular weight excluding hydrogens is 491 g/mol. The predicted octanol–water partition coefficient (Wildman–Crippen LogP) is 6.57. The first-order valence-corrected chi connectivity index (χ1v) is 10.8. The third-order valence-electron chi connectivity index (χ3n) is 4.56. The normalized spacial score (nSPS) is 9.45. The molecule has 0 aliphatic heterocycles. The number of hydrogen-bond donors (Lipinski definition) is 0. The molecule has 0 fully saturated rings. The maximum atomic E-state index is 12.0. The fourth-order valence-corrected chi connectivity index (χ4v) is 3.39. The molecular formula is C28H20NiO2S2. The van der Waals surface area contributed by atoms with Crippen molar-refractivity contribution >= 4 is 45.7 Å². The summed E-state index contributed by atoms with van der Waals surface area (Å²) in [5, 5.41) is 0. The van der Waals surface area contributed by atoms with Crippen LogP contribution in [0.1, 0.15) is 31.8 Å². The molecule has 33 heavy (non-hydrogen) atoms. The Morgan fingerprint density at radius 3 is 0.848 bits per heavy atom. The van der Waals surface area contributed by atoms with E-state index in [9.17, 15) is 9.59 Å². The van der Waals surface area contributed by atoms with Gasteiger partial charge < -0.3 is 0 Å². The fourth-order valence-electron chi connectivity index (χ4n) is 2.88. The molecule has 0 radical (unpaired) electrons. The summed E-state index contributed by atoms with van der Waals surface area (Å²) in [7, 11) is 0. The van der Waals surface area contributed by atoms with Gasteiger partial charge >= 0.3 is 0 Å². The molecule has 0 spiro atoms. The van der Waals surface area contributed by atoms with E-state index in [4.69, 9.17) is 24.4 Å². The summed E-state index contributed by atoms with van der Waals surface area (Å²) in [6.45, 7) is 0. The molecule has 0 saturated heterocycles. The van der Waals surface area contributed by atoms with Crippen LogP contribution < -0.4 is 0 Å². The van der Waals surface area contributed by atoms with Crippen molar-refractivity contribution in [3.63, 3.8) is 0 Å². The number of benzene rings is 4. The summed E-state index contributed by atoms with van der Waals surface area (Å²) < 4.78 is 0. The molecule has 166 valence electrons. The molecule has 0 saturated carbocycles. The van der Waals surface area contributed by atoms with Gasteiger partial charge in [0.2, 0.25) is 11.6 Å². The summed E-state index contributed by atoms with van der Waals surface area (Å²) in [4.78, 5) is 24.7. The van der Waals surface area contributed by atoms with Gasteiger partial charge in [-0.15, -0.1) is 0 Å². The molecule has 5 heteroatoms. The van der Waals surface area contributed by atoms with Gasteiger partial charge in [-0.1, -0.05) is 146 Å². The molecule has 0 aliphatic rings. The van der Waals surface area contributed by atoms with Crippen LogP contribution in [0.4, 0.5) is 0 Å². The molecule has 0 heterocycles. The van der Waals surface area contributed by atoms with Crippen LogP contribution in [0.5, 0.6) is 0 Å². The Hall–Kier alpha value is -3.11. The van der Waals surface area contributed by atoms with Gasteiger partial charge in [0, 0.05) is 27.6 Å². The van der Waals surface area contributed by atoms with E-state index >= 15 is 0 Å². The van der Waals surface area contributed by atoms with E-state index in [1.165, 1.54) is 0 Å². The van der Waals surface area contributed by atoms with Crippen LogP contribution in [-0.2, 0) is 16.5 Å². The van der Waals surface area contributed by atoms with Crippen molar-refractivity contribution in [2.45, 2.75) is 0 Å². The molecule has 4 aromatic carbocycles. The van der Waals surface area contributed by atoms with Gasteiger partial charge in [-0.3, -0.25) is 9.59 Å². The second-order valence-electron chi connectivity index (χ2n) is 6.78. The molecule has 4 aromatic rings. The van der Waals surface area contributed by atoms with Crippen molar-refractivity contribution < 1.29 is 26.1 Å². The zero-order valence-electron chi connectivity index (χ0n) is 17.5. The Bertz CT molecular complexity index is 1010. The SMILES string of the molecule is O=C(C(=S)c1ccccc1)c1ccccc1.O=C(C(=S)c1ccccc1)c1ccccc1.[Ni]. The topological polar surface area (TPSA) is 34.1 Å². The molecule has 0 N–H and O–H groups in total. The van der Waals surface area contributed by atoms with Gasteiger partial charge in [-0.25, -0.2) is 0 Å². The van der Waals surface area contributed by atoms with Gasteiger partial charge in [0.25, 0.3) is 0 Å². The molecule has 0 bridgehead atoms. The number of hydrogen-bond acceptors (Lipinski definition) is 4. The Morgan fingerprint density at radius 2 is 0.606 bits per heavy atom. The Labute approximate surface area is 214 Å². The van der Waals surface area contributed by atoms with Crippen molar-refractivity contribution in [1.82, 2.24) is 0 Å². The monoisotopic (exact) mass is 510 g/mol. The number of Topliss-reactive ketones (excluding diaryl/α,β-unsaturated/α-hetero) is 2. The summed E-state index contributed by atoms with van der Waals surface area (Å²) >= 11 is 10.4. The Morgan fingerprint density at radius 1 is 0.394 bits per heavy atom. The maximum Gasteiger partial charge on any atom is 0.204 e. The van der Waals surface area contributed by atoms with E-state index < -0.39 is 0 Å². The van der Waals surface area contributed by atoms with Gasteiger partial charge in [0.05, 0.1) is 9.73 Å². The van der Waals surface area contributed by atoms with Crippen LogP contribution in [0.15, 0.2) is 121 Å². The van der Waals surface area contributed by atoms with E-state index in [2.05, 4.69) is 0 Å². The van der Waals surface area contributed by atoms with Gasteiger partial charge in [0.15, 0.2) is 0 Å². The first kappa shape index (κ1) is 26.1. The third-order valence-corrected chi connectivity index (χ3v) is 5.40. The largest absolute Gasteiger partial charge is 0.288 e. The zero-order chi connectivity index (χ0) is 22.8. The number of rotatable bonds is 6. The average molecular weight is 511 g/mol. The first-order chi connectivity index (χ1) is 15.6. The van der Waals surface area contributed by atoms with Crippen LogP contribution in [0.2, 0.25) is 0 Å². The van der Waals surface area contributed by atoms with E-state index in [1.807, 2.05) is 97.1 Å². The van der Waals surface area contributed by atoms with Crippen molar-refractivity contribution in [3.8, 4) is 0 Å². The van der Waals surface area contributed by atoms with Gasteiger partial charge in [0.1, 0.15) is 0 Å². The van der Waals surface area contributed by atoms with Crippen LogP contribution in [0, 0.1) is 0 Å². The zero-order valence-corrected chi connectivity index (χ0v) is 20.1. The average Bonchev–Trinajstić information content (AvgIpc) is 2.89. The summed E-state index contributed by atoms with van der Waals surface area (Å²) in [6.07, 6.45) is 0. The predicted molar refractivity (Wildman–Crippen MR) is 138 cm³/mol. The van der Waals surface area contributed by atoms with E-state index in [0.29, 0.717) is 20.9 Å². The molecule has 4 rings (SSSR count). The van der Waals surface area contributed by atoms with E-state index in [1.54, 1.807) is 24.3 Å². The third kappa shape index (κ3) is 7.47. The van der Waals surface area contributed by atoms with Crippen molar-refractivity contribution in [1.29, 1.82) is 0 Å². The van der Waals surface area contributed by atoms with Crippen LogP contribution in [0.25, 0.3) is 0 Å². The first-order valence-electron chi connectivity index (χ1n) is 9.96. The Kier molecular flexibility index (Phi) is 10.7. The standard InChI is InChI=1S/2C14H10OS.Ni/c2*15-13(11-7-3-1-4-8-11)14(16)12-9-5-2-6-10-12;/h2*1-10H;. The number of ketones is 2. The molecule has 0 aliphatic carbocycles. The molecule has 0 amide bonds. The van der Waals surface area contributed by atoms with Crippen LogP contribution >= 0.6 is 24.4 Å². The van der Waals surface area contributed by atoms with Crippen LogP contribution in [0.3, 0.4) is 0 Å². The second kappa shape index (κ2) is 13.4. The van der Waals surface area contributed by atoms with E-state index in [0.717, 1.165) is 11.1 Å². The second-order valence-corrected chi connectivity index (χ2v) is 7.60. The molecule has 2 nitrogen and oxygen atoms in total.